The summed E-state index contributed by atoms with van der Waals surface area (Å²) in [6.07, 6.45) is 0. The van der Waals surface area contributed by atoms with Crippen LogP contribution in [0.15, 0.2) is 113 Å². The molecular weight excluding hydrogens is 459 g/mol. The van der Waals surface area contributed by atoms with Crippen LogP contribution >= 0.6 is 23.1 Å². The number of hydrogen-bond donors (Lipinski definition) is 0. The van der Waals surface area contributed by atoms with E-state index in [2.05, 4.69) is 103 Å². The molecule has 0 fully saturated rings. The van der Waals surface area contributed by atoms with E-state index in [1.165, 1.54) is 79.0 Å². The summed E-state index contributed by atoms with van der Waals surface area (Å²) in [5, 5.41) is 8.27. The maximum absolute atomic E-state index is 2.48. The Morgan fingerprint density at radius 2 is 1.40 bits per heavy atom. The molecule has 0 unspecified atom stereocenters. The van der Waals surface area contributed by atoms with Crippen molar-refractivity contribution in [3.05, 3.63) is 103 Å². The molecule has 0 saturated heterocycles. The predicted octanol–water partition coefficient (Wildman–Crippen LogP) is 7.32. The minimum absolute atomic E-state index is 0.269. The number of hydrogen-bond acceptors (Lipinski definition) is 2. The third-order valence-electron chi connectivity index (χ3n) is 7.92. The first-order valence-corrected chi connectivity index (χ1v) is 13.7. The standard InChI is InChI=1S/C32H17BS2/c1-2-8-19-18(7-1)15-16-26-32(19)35-28-14-6-10-21-23-17-24-20-9-3-4-13-27(20)34-31(24)22-11-5-12-25(29(22)23)33(26)30(21)28/h1-17H. The Hall–Kier alpha value is -3.53. The molecule has 2 aliphatic rings. The lowest BCUT2D eigenvalue weighted by molar-refractivity contribution is 1.46. The van der Waals surface area contributed by atoms with E-state index in [4.69, 9.17) is 0 Å². The zero-order valence-corrected chi connectivity index (χ0v) is 20.3. The van der Waals surface area contributed by atoms with Crippen LogP contribution in [0.5, 0.6) is 0 Å². The van der Waals surface area contributed by atoms with Crippen molar-refractivity contribution in [2.45, 2.75) is 9.79 Å². The third kappa shape index (κ3) is 2.31. The summed E-state index contributed by atoms with van der Waals surface area (Å²) in [6.45, 7) is 0.269. The van der Waals surface area contributed by atoms with E-state index in [-0.39, 0.29) is 6.71 Å². The maximum Gasteiger partial charge on any atom is 0.245 e. The minimum Gasteiger partial charge on any atom is -0.135 e. The van der Waals surface area contributed by atoms with Crippen molar-refractivity contribution in [3.63, 3.8) is 0 Å². The highest BCUT2D eigenvalue weighted by molar-refractivity contribution is 8.00. The van der Waals surface area contributed by atoms with Gasteiger partial charge in [-0.15, -0.1) is 11.3 Å². The van der Waals surface area contributed by atoms with E-state index in [0.717, 1.165) is 0 Å². The lowest BCUT2D eigenvalue weighted by Crippen LogP contribution is -2.57. The summed E-state index contributed by atoms with van der Waals surface area (Å²) < 4.78 is 2.78. The Morgan fingerprint density at radius 3 is 2.37 bits per heavy atom. The normalized spacial score (nSPS) is 13.5. The summed E-state index contributed by atoms with van der Waals surface area (Å²) >= 11 is 3.89. The van der Waals surface area contributed by atoms with Gasteiger partial charge in [0.1, 0.15) is 0 Å². The molecule has 0 atom stereocenters. The topological polar surface area (TPSA) is 0 Å². The second kappa shape index (κ2) is 6.57. The van der Waals surface area contributed by atoms with E-state index < -0.39 is 0 Å². The smallest absolute Gasteiger partial charge is 0.135 e. The van der Waals surface area contributed by atoms with Crippen LogP contribution in [0.1, 0.15) is 0 Å². The average Bonchev–Trinajstić information content (AvgIpc) is 3.29. The van der Waals surface area contributed by atoms with Crippen LogP contribution < -0.4 is 16.4 Å². The van der Waals surface area contributed by atoms with Crippen LogP contribution in [0.2, 0.25) is 0 Å². The summed E-state index contributed by atoms with van der Waals surface area (Å²) in [6, 6.07) is 38.8. The molecule has 35 heavy (non-hydrogen) atoms. The van der Waals surface area contributed by atoms with E-state index in [0.29, 0.717) is 0 Å². The van der Waals surface area contributed by atoms with Crippen LogP contribution in [0.25, 0.3) is 52.8 Å². The molecule has 0 amide bonds. The van der Waals surface area contributed by atoms with E-state index >= 15 is 0 Å². The molecule has 160 valence electrons. The van der Waals surface area contributed by atoms with E-state index in [9.17, 15) is 0 Å². The van der Waals surface area contributed by atoms with Gasteiger partial charge >= 0.3 is 0 Å². The fraction of sp³-hybridized carbons (Fsp3) is 0. The maximum atomic E-state index is 2.48. The Morgan fingerprint density at radius 1 is 0.571 bits per heavy atom. The molecule has 3 heteroatoms. The van der Waals surface area contributed by atoms with Gasteiger partial charge in [-0.3, -0.25) is 0 Å². The van der Waals surface area contributed by atoms with E-state index in [1.54, 1.807) is 0 Å². The molecule has 7 aromatic rings. The van der Waals surface area contributed by atoms with Crippen LogP contribution in [-0.4, -0.2) is 6.71 Å². The highest BCUT2D eigenvalue weighted by Gasteiger charge is 2.38. The summed E-state index contributed by atoms with van der Waals surface area (Å²) in [4.78, 5) is 2.82. The Balaban J connectivity index is 1.48. The van der Waals surface area contributed by atoms with Gasteiger partial charge in [-0.1, -0.05) is 108 Å². The average molecular weight is 476 g/mol. The number of fused-ring (bicyclic) bond motifs is 10. The first-order chi connectivity index (χ1) is 17.4. The van der Waals surface area contributed by atoms with Crippen molar-refractivity contribution in [1.82, 2.24) is 0 Å². The van der Waals surface area contributed by atoms with Crippen molar-refractivity contribution in [2.75, 3.05) is 0 Å². The van der Waals surface area contributed by atoms with Gasteiger partial charge in [0.15, 0.2) is 0 Å². The Kier molecular flexibility index (Phi) is 3.52. The molecule has 0 saturated carbocycles. The first-order valence-electron chi connectivity index (χ1n) is 12.1. The molecule has 0 spiro atoms. The lowest BCUT2D eigenvalue weighted by atomic mass is 9.33. The zero-order chi connectivity index (χ0) is 22.7. The molecule has 0 aliphatic carbocycles. The van der Waals surface area contributed by atoms with Gasteiger partial charge in [0.05, 0.1) is 0 Å². The van der Waals surface area contributed by atoms with Gasteiger partial charge in [0.2, 0.25) is 6.71 Å². The molecular formula is C32H17BS2. The SMILES string of the molecule is c1cc2c3c(c1)-c1cc4c5ccccc5sc4c4cccc(c14)B3c1ccc3ccccc3c1S2. The molecule has 0 N–H and O–H groups in total. The van der Waals surface area contributed by atoms with Crippen molar-refractivity contribution >= 4 is 87.9 Å². The fourth-order valence-corrected chi connectivity index (χ4v) is 9.01. The molecule has 6 aromatic carbocycles. The Bertz CT molecular complexity index is 2050. The zero-order valence-electron chi connectivity index (χ0n) is 18.7. The highest BCUT2D eigenvalue weighted by atomic mass is 32.2. The molecule has 3 heterocycles. The molecule has 0 nitrogen and oxygen atoms in total. The number of rotatable bonds is 0. The van der Waals surface area contributed by atoms with Crippen molar-refractivity contribution in [1.29, 1.82) is 0 Å². The predicted molar refractivity (Wildman–Crippen MR) is 155 cm³/mol. The van der Waals surface area contributed by atoms with Crippen molar-refractivity contribution in [3.8, 4) is 11.1 Å². The van der Waals surface area contributed by atoms with Gasteiger partial charge in [0.25, 0.3) is 0 Å². The molecule has 1 aromatic heterocycles. The van der Waals surface area contributed by atoms with Gasteiger partial charge in [-0.05, 0) is 56.3 Å². The van der Waals surface area contributed by atoms with Crippen molar-refractivity contribution in [2.24, 2.45) is 0 Å². The second-order valence-corrected chi connectivity index (χ2v) is 11.7. The van der Waals surface area contributed by atoms with Crippen LogP contribution in [-0.2, 0) is 0 Å². The highest BCUT2D eigenvalue weighted by Crippen LogP contribution is 2.45. The summed E-state index contributed by atoms with van der Waals surface area (Å²) in [5.41, 5.74) is 7.18. The minimum atomic E-state index is 0.269. The molecule has 0 bridgehead atoms. The van der Waals surface area contributed by atoms with Crippen LogP contribution in [0.3, 0.4) is 0 Å². The first kappa shape index (κ1) is 18.8. The van der Waals surface area contributed by atoms with Gasteiger partial charge in [-0.2, -0.15) is 0 Å². The largest absolute Gasteiger partial charge is 0.245 e. The van der Waals surface area contributed by atoms with Crippen molar-refractivity contribution < 1.29 is 0 Å². The molecule has 0 radical (unpaired) electrons. The van der Waals surface area contributed by atoms with Crippen LogP contribution in [0.4, 0.5) is 0 Å². The monoisotopic (exact) mass is 476 g/mol. The summed E-state index contributed by atoms with van der Waals surface area (Å²) in [7, 11) is 0. The van der Waals surface area contributed by atoms with Gasteiger partial charge < -0.3 is 0 Å². The summed E-state index contributed by atoms with van der Waals surface area (Å²) in [5.74, 6) is 0. The Labute approximate surface area is 211 Å². The quantitative estimate of drug-likeness (QED) is 0.207. The second-order valence-electron chi connectivity index (χ2n) is 9.63. The van der Waals surface area contributed by atoms with Gasteiger partial charge in [0, 0.05) is 30.0 Å². The van der Waals surface area contributed by atoms with Gasteiger partial charge in [-0.25, -0.2) is 0 Å². The lowest BCUT2D eigenvalue weighted by Gasteiger charge is -2.34. The van der Waals surface area contributed by atoms with Crippen LogP contribution in [0, 0.1) is 0 Å². The number of thiophene rings is 1. The molecule has 9 rings (SSSR count). The number of benzene rings is 6. The molecule has 2 aliphatic heterocycles. The fourth-order valence-electron chi connectivity index (χ4n) is 6.49. The third-order valence-corrected chi connectivity index (χ3v) is 10.4. The van der Waals surface area contributed by atoms with E-state index in [1.807, 2.05) is 23.1 Å².